The topological polar surface area (TPSA) is 75.7 Å². The fourth-order valence-corrected chi connectivity index (χ4v) is 3.14. The lowest BCUT2D eigenvalue weighted by atomic mass is 10.1. The maximum absolute atomic E-state index is 12.2. The van der Waals surface area contributed by atoms with Gasteiger partial charge in [0.05, 0.1) is 6.61 Å². The van der Waals surface area contributed by atoms with Crippen molar-refractivity contribution in [2.75, 3.05) is 26.2 Å². The van der Waals surface area contributed by atoms with Gasteiger partial charge < -0.3 is 15.0 Å². The van der Waals surface area contributed by atoms with Crippen LogP contribution in [-0.2, 0) is 9.59 Å². The third-order valence-corrected chi connectivity index (χ3v) is 4.66. The maximum atomic E-state index is 12.2. The van der Waals surface area contributed by atoms with Gasteiger partial charge in [-0.2, -0.15) is 0 Å². The van der Waals surface area contributed by atoms with Crippen molar-refractivity contribution < 1.29 is 19.1 Å². The Morgan fingerprint density at radius 3 is 2.63 bits per heavy atom. The number of rotatable bonds is 10. The number of nitrogens with one attached hydrogen (secondary N) is 1. The van der Waals surface area contributed by atoms with Crippen molar-refractivity contribution in [3.8, 4) is 5.75 Å². The van der Waals surface area contributed by atoms with E-state index < -0.39 is 0 Å². The number of nitrogens with zero attached hydrogens (tertiary/aromatic N) is 1. The minimum Gasteiger partial charge on any atom is -0.494 e. The van der Waals surface area contributed by atoms with Gasteiger partial charge >= 0.3 is 0 Å². The molecule has 0 saturated carbocycles. The molecule has 1 fully saturated rings. The number of hydrogen-bond acceptors (Lipinski definition) is 4. The van der Waals surface area contributed by atoms with E-state index in [-0.39, 0.29) is 30.4 Å². The third-order valence-electron chi connectivity index (χ3n) is 4.66. The molecule has 2 rings (SSSR count). The summed E-state index contributed by atoms with van der Waals surface area (Å²) in [5.74, 6) is 0.773. The first-order valence-electron chi connectivity index (χ1n) is 9.90. The molecule has 0 unspecified atom stereocenters. The monoisotopic (exact) mass is 374 g/mol. The van der Waals surface area contributed by atoms with E-state index in [0.29, 0.717) is 31.7 Å². The normalized spacial score (nSPS) is 14.6. The Labute approximate surface area is 161 Å². The fourth-order valence-electron chi connectivity index (χ4n) is 3.14. The lowest BCUT2D eigenvalue weighted by Gasteiger charge is -2.20. The lowest BCUT2D eigenvalue weighted by molar-refractivity contribution is -0.130. The molecule has 1 aliphatic rings. The van der Waals surface area contributed by atoms with Gasteiger partial charge in [-0.3, -0.25) is 14.4 Å². The summed E-state index contributed by atoms with van der Waals surface area (Å²) >= 11 is 0. The summed E-state index contributed by atoms with van der Waals surface area (Å²) in [6.45, 7) is 4.52. The van der Waals surface area contributed by atoms with Crippen LogP contribution in [0.15, 0.2) is 24.3 Å². The van der Waals surface area contributed by atoms with Crippen molar-refractivity contribution in [2.45, 2.75) is 51.9 Å². The van der Waals surface area contributed by atoms with Gasteiger partial charge in [-0.25, -0.2) is 0 Å². The number of benzene rings is 1. The summed E-state index contributed by atoms with van der Waals surface area (Å²) in [7, 11) is 0. The summed E-state index contributed by atoms with van der Waals surface area (Å²) < 4.78 is 5.35. The van der Waals surface area contributed by atoms with Gasteiger partial charge in [0.2, 0.25) is 11.8 Å². The molecule has 6 heteroatoms. The molecule has 0 atom stereocenters. The Morgan fingerprint density at radius 2 is 1.89 bits per heavy atom. The zero-order valence-electron chi connectivity index (χ0n) is 16.2. The third kappa shape index (κ3) is 7.41. The van der Waals surface area contributed by atoms with Gasteiger partial charge in [-0.1, -0.05) is 6.42 Å². The van der Waals surface area contributed by atoms with Crippen LogP contribution in [0.5, 0.6) is 5.75 Å². The van der Waals surface area contributed by atoms with Crippen molar-refractivity contribution in [3.05, 3.63) is 29.8 Å². The van der Waals surface area contributed by atoms with Crippen LogP contribution in [0.1, 0.15) is 62.2 Å². The summed E-state index contributed by atoms with van der Waals surface area (Å²) in [5.41, 5.74) is 0.589. The summed E-state index contributed by atoms with van der Waals surface area (Å²) in [4.78, 5) is 37.9. The first-order chi connectivity index (χ1) is 13.1. The van der Waals surface area contributed by atoms with Crippen LogP contribution in [-0.4, -0.2) is 48.7 Å². The van der Waals surface area contributed by atoms with Crippen molar-refractivity contribution in [2.24, 2.45) is 0 Å². The number of amides is 2. The first kappa shape index (κ1) is 20.9. The average Bonchev–Trinajstić information content (AvgIpc) is 2.88. The number of hydrogen-bond donors (Lipinski definition) is 1. The summed E-state index contributed by atoms with van der Waals surface area (Å²) in [6, 6.07) is 6.98. The van der Waals surface area contributed by atoms with Crippen molar-refractivity contribution in [3.63, 3.8) is 0 Å². The molecule has 1 N–H and O–H groups in total. The predicted molar refractivity (Wildman–Crippen MR) is 104 cm³/mol. The zero-order chi connectivity index (χ0) is 19.5. The molecule has 1 aromatic rings. The Hall–Kier alpha value is -2.37. The van der Waals surface area contributed by atoms with Crippen molar-refractivity contribution in [1.29, 1.82) is 0 Å². The van der Waals surface area contributed by atoms with Crippen LogP contribution in [0, 0.1) is 0 Å². The molecule has 2 amide bonds. The SMILES string of the molecule is CCOc1ccc(C(=O)CCC(=O)NCCCN2CCCCCC2=O)cc1. The van der Waals surface area contributed by atoms with Gasteiger partial charge in [0.15, 0.2) is 5.78 Å². The number of carbonyl (C=O) groups is 3. The predicted octanol–water partition coefficient (Wildman–Crippen LogP) is 2.96. The molecule has 27 heavy (non-hydrogen) atoms. The second-order valence-electron chi connectivity index (χ2n) is 6.78. The smallest absolute Gasteiger partial charge is 0.222 e. The van der Waals surface area contributed by atoms with E-state index >= 15 is 0 Å². The molecule has 1 aromatic carbocycles. The molecule has 0 bridgehead atoms. The Morgan fingerprint density at radius 1 is 1.11 bits per heavy atom. The molecule has 0 radical (unpaired) electrons. The standard InChI is InChI=1S/C21H30N2O4/c1-2-27-18-10-8-17(9-11-18)19(24)12-13-20(25)22-14-6-16-23-15-5-3-4-7-21(23)26/h8-11H,2-7,12-16H2,1H3,(H,22,25). The van der Waals surface area contributed by atoms with Crippen molar-refractivity contribution >= 4 is 17.6 Å². The second kappa shape index (κ2) is 11.4. The van der Waals surface area contributed by atoms with E-state index in [2.05, 4.69) is 5.32 Å². The highest BCUT2D eigenvalue weighted by molar-refractivity contribution is 5.98. The van der Waals surface area contributed by atoms with Gasteiger partial charge in [0, 0.05) is 44.5 Å². The van der Waals surface area contributed by atoms with E-state index in [1.807, 2.05) is 11.8 Å². The van der Waals surface area contributed by atoms with E-state index in [9.17, 15) is 14.4 Å². The molecule has 0 aliphatic carbocycles. The quantitative estimate of drug-likeness (QED) is 0.505. The molecular weight excluding hydrogens is 344 g/mol. The number of Topliss-reactive ketones (excluding diaryl/α,β-unsaturated/α-hetero) is 1. The zero-order valence-corrected chi connectivity index (χ0v) is 16.2. The average molecular weight is 374 g/mol. The Bertz CT molecular complexity index is 628. The maximum Gasteiger partial charge on any atom is 0.222 e. The minimum absolute atomic E-state index is 0.0524. The molecule has 1 heterocycles. The van der Waals surface area contributed by atoms with Gasteiger partial charge in [0.1, 0.15) is 5.75 Å². The molecule has 0 aromatic heterocycles. The Kier molecular flexibility index (Phi) is 8.81. The van der Waals surface area contributed by atoms with Crippen LogP contribution in [0.3, 0.4) is 0 Å². The molecule has 0 spiro atoms. The highest BCUT2D eigenvalue weighted by Gasteiger charge is 2.16. The van der Waals surface area contributed by atoms with Crippen LogP contribution < -0.4 is 10.1 Å². The van der Waals surface area contributed by atoms with E-state index in [4.69, 9.17) is 4.74 Å². The van der Waals surface area contributed by atoms with Crippen LogP contribution >= 0.6 is 0 Å². The number of carbonyl (C=O) groups excluding carboxylic acids is 3. The molecule has 1 aliphatic heterocycles. The molecule has 6 nitrogen and oxygen atoms in total. The fraction of sp³-hybridized carbons (Fsp3) is 0.571. The van der Waals surface area contributed by atoms with Crippen molar-refractivity contribution in [1.82, 2.24) is 10.2 Å². The molecule has 1 saturated heterocycles. The van der Waals surface area contributed by atoms with Crippen LogP contribution in [0.4, 0.5) is 0 Å². The first-order valence-corrected chi connectivity index (χ1v) is 9.90. The van der Waals surface area contributed by atoms with Gasteiger partial charge in [0.25, 0.3) is 0 Å². The highest BCUT2D eigenvalue weighted by atomic mass is 16.5. The van der Waals surface area contributed by atoms with E-state index in [1.54, 1.807) is 24.3 Å². The highest BCUT2D eigenvalue weighted by Crippen LogP contribution is 2.14. The van der Waals surface area contributed by atoms with E-state index in [0.717, 1.165) is 38.0 Å². The van der Waals surface area contributed by atoms with Crippen LogP contribution in [0.2, 0.25) is 0 Å². The summed E-state index contributed by atoms with van der Waals surface area (Å²) in [6.07, 6.45) is 4.89. The molecular formula is C21H30N2O4. The van der Waals surface area contributed by atoms with Gasteiger partial charge in [-0.05, 0) is 50.5 Å². The lowest BCUT2D eigenvalue weighted by Crippen LogP contribution is -2.34. The van der Waals surface area contributed by atoms with E-state index in [1.165, 1.54) is 0 Å². The van der Waals surface area contributed by atoms with Gasteiger partial charge in [-0.15, -0.1) is 0 Å². The molecule has 148 valence electrons. The Balaban J connectivity index is 1.62. The van der Waals surface area contributed by atoms with Crippen LogP contribution in [0.25, 0.3) is 0 Å². The minimum atomic E-state index is -0.128. The second-order valence-corrected chi connectivity index (χ2v) is 6.78. The summed E-state index contributed by atoms with van der Waals surface area (Å²) in [5, 5.41) is 2.84. The number of ketones is 1. The number of likely N-dealkylation sites (tertiary alicyclic amines) is 1. The largest absolute Gasteiger partial charge is 0.494 e. The number of ether oxygens (including phenoxy) is 1.